The van der Waals surface area contributed by atoms with Gasteiger partial charge in [0, 0.05) is 16.4 Å². The van der Waals surface area contributed by atoms with Gasteiger partial charge in [0.25, 0.3) is 0 Å². The fourth-order valence-corrected chi connectivity index (χ4v) is 25.1. The average molecular weight is 1130 g/mol. The van der Waals surface area contributed by atoms with Crippen molar-refractivity contribution in [2.24, 2.45) is 113 Å². The monoisotopic (exact) mass is 1130 g/mol. The third kappa shape index (κ3) is 9.50. The van der Waals surface area contributed by atoms with Crippen LogP contribution in [-0.4, -0.2) is 70.0 Å². The fourth-order valence-electron chi connectivity index (χ4n) is 25.1. The highest BCUT2D eigenvalue weighted by atomic mass is 16.6. The first-order valence-corrected chi connectivity index (χ1v) is 34.0. The van der Waals surface area contributed by atoms with Crippen LogP contribution in [-0.2, 0) is 33.2 Å². The molecule has 2 heterocycles. The molecule has 0 aromatic carbocycles. The van der Waals surface area contributed by atoms with Gasteiger partial charge in [-0.15, -0.1) is 0 Å². The van der Waals surface area contributed by atoms with E-state index in [1.165, 1.54) is 127 Å². The van der Waals surface area contributed by atoms with Gasteiger partial charge in [-0.2, -0.15) is 0 Å². The lowest BCUT2D eigenvalue weighted by molar-refractivity contribution is -0.253. The van der Waals surface area contributed by atoms with Crippen molar-refractivity contribution in [1.82, 2.24) is 0 Å². The molecule has 10 aliphatic carbocycles. The van der Waals surface area contributed by atoms with Gasteiger partial charge >= 0.3 is 5.97 Å². The van der Waals surface area contributed by atoms with Gasteiger partial charge in [0.05, 0.1) is 45.7 Å². The van der Waals surface area contributed by atoms with Crippen LogP contribution in [0.3, 0.4) is 0 Å². The number of rotatable bonds is 15. The number of allylic oxidation sites excluding steroid dienone is 3. The van der Waals surface area contributed by atoms with E-state index < -0.39 is 0 Å². The molecule has 7 heteroatoms. The van der Waals surface area contributed by atoms with Crippen LogP contribution in [0.25, 0.3) is 0 Å². The van der Waals surface area contributed by atoms with Crippen molar-refractivity contribution >= 4 is 5.97 Å². The van der Waals surface area contributed by atoms with Crippen molar-refractivity contribution in [1.29, 1.82) is 0 Å². The topological polar surface area (TPSA) is 79.1 Å². The third-order valence-electron chi connectivity index (χ3n) is 29.9. The Labute approximate surface area is 500 Å². The Hall–Kier alpha value is -2.19. The molecule has 0 spiro atoms. The van der Waals surface area contributed by atoms with Gasteiger partial charge < -0.3 is 28.4 Å². The van der Waals surface area contributed by atoms with Crippen LogP contribution < -0.4 is 0 Å². The van der Waals surface area contributed by atoms with E-state index in [0.29, 0.717) is 91.9 Å². The Morgan fingerprint density at radius 3 is 1.37 bits per heavy atom. The maximum atomic E-state index is 12.6. The summed E-state index contributed by atoms with van der Waals surface area (Å²) in [5.41, 5.74) is 7.08. The van der Waals surface area contributed by atoms with E-state index in [0.717, 1.165) is 87.5 Å². The van der Waals surface area contributed by atoms with Crippen LogP contribution >= 0.6 is 0 Å². The molecule has 0 N–H and O–H groups in total. The average Bonchev–Trinajstić information content (AvgIpc) is 2.41. The summed E-state index contributed by atoms with van der Waals surface area (Å²) >= 11 is 0. The van der Waals surface area contributed by atoms with Crippen LogP contribution in [0.4, 0.5) is 0 Å². The highest BCUT2D eigenvalue weighted by molar-refractivity contribution is 5.87. The predicted octanol–water partition coefficient (Wildman–Crippen LogP) is 18.1. The van der Waals surface area contributed by atoms with E-state index in [2.05, 4.69) is 116 Å². The van der Waals surface area contributed by atoms with E-state index in [-0.39, 0.29) is 33.7 Å². The summed E-state index contributed by atoms with van der Waals surface area (Å²) in [5, 5.41) is 0. The molecule has 0 aromatic heterocycles. The zero-order valence-electron chi connectivity index (χ0n) is 54.9. The fraction of sp³-hybridized carbons (Fsp3) is 0.853. The van der Waals surface area contributed by atoms with Crippen molar-refractivity contribution in [2.75, 3.05) is 39.6 Å². The first kappa shape index (κ1) is 61.5. The number of ether oxygens (including phenoxy) is 6. The second-order valence-electron chi connectivity index (χ2n) is 34.2. The van der Waals surface area contributed by atoms with Gasteiger partial charge in [-0.05, 0) is 264 Å². The van der Waals surface area contributed by atoms with Crippen molar-refractivity contribution in [3.05, 3.63) is 60.9 Å². The first-order chi connectivity index (χ1) is 38.4. The lowest BCUT2D eigenvalue weighted by Gasteiger charge is -2.73. The number of epoxide rings is 2. The molecule has 460 valence electrons. The highest BCUT2D eigenvalue weighted by Crippen LogP contribution is 2.80. The van der Waals surface area contributed by atoms with Gasteiger partial charge in [0.2, 0.25) is 0 Å². The van der Waals surface area contributed by atoms with Gasteiger partial charge in [0.1, 0.15) is 24.1 Å². The molecule has 12 fully saturated rings. The second kappa shape index (κ2) is 21.3. The van der Waals surface area contributed by atoms with Crippen molar-refractivity contribution in [2.45, 2.75) is 250 Å². The smallest absolute Gasteiger partial charge is 0.333 e. The molecule has 2 aliphatic heterocycles. The summed E-state index contributed by atoms with van der Waals surface area (Å²) in [7, 11) is 0. The normalized spacial score (nSPS) is 49.6. The SMILES string of the molecule is C=C(C)C(=C)OC[C@]12CC[C@@H](C(=C)C)[C@@H]1[C@H]1CC[C@@H]3[C@@]4(C)CC[C@H](OCC5CO5)C(C)(C)[C@@H]4CC[C@@]3(C)[C@]1(C)CC2.C=C(C)C(=O)O[C@H]1CC[C@]2(C)[C@H]3CC[C@@H]4[C@H]5[C@H](C(=C)C)CC[C@]5(COCC5CO5)CC[C@@]4(C)[C@]3(C)CC[C@H]2C1(C)C. The lowest BCUT2D eigenvalue weighted by atomic mass is 9.32. The predicted molar refractivity (Wildman–Crippen MR) is 333 cm³/mol. The number of hydrogen-bond donors (Lipinski definition) is 0. The number of fused-ring (bicyclic) bond motifs is 14. The van der Waals surface area contributed by atoms with E-state index in [4.69, 9.17) is 28.4 Å². The number of esters is 1. The van der Waals surface area contributed by atoms with Crippen molar-refractivity contribution in [3.63, 3.8) is 0 Å². The van der Waals surface area contributed by atoms with Crippen molar-refractivity contribution < 1.29 is 33.2 Å². The zero-order valence-corrected chi connectivity index (χ0v) is 54.9. The maximum absolute atomic E-state index is 12.6. The molecular weight excluding hydrogens is 1010 g/mol. The summed E-state index contributed by atoms with van der Waals surface area (Å²) in [6.45, 7) is 60.8. The standard InChI is InChI=1S/C38H60O3.C37H58O4/c1-24(2)26(5)41-23-38-18-13-28(25(3)4)33(38)29-11-12-31-35(8)16-15-32(40-22-27-21-39-27)34(6,7)30(35)14-17-37(31,10)36(29,9)19-20-38;1-23(2)26-12-17-37(22-39-20-25-21-40-25)19-18-35(8)27(31(26)37)10-11-29-34(7)15-14-30(41-32(38)24(3)4)33(5,6)28(34)13-16-36(29,35)9/h27-33H,1,3,5,11-23H2,2,4,6-10H3;25-31H,1,3,10-22H2,2,4-9H3/t27?,28-,29+,30-,31+,32-,33+,35-,36+,37+,38+;25?,26-,27+,28-,29+,30-,31+,34-,35+,36+,37+/m00/s1. The molecule has 0 bridgehead atoms. The number of carbonyl (C=O) groups is 1. The van der Waals surface area contributed by atoms with Gasteiger partial charge in [-0.25, -0.2) is 4.79 Å². The van der Waals surface area contributed by atoms with Gasteiger partial charge in [-0.3, -0.25) is 0 Å². The zero-order chi connectivity index (χ0) is 59.2. The summed E-state index contributed by atoms with van der Waals surface area (Å²) in [6, 6.07) is 0. The Morgan fingerprint density at radius 1 is 0.463 bits per heavy atom. The van der Waals surface area contributed by atoms with E-state index in [9.17, 15) is 4.79 Å². The van der Waals surface area contributed by atoms with Crippen LogP contribution in [0.1, 0.15) is 225 Å². The lowest BCUT2D eigenvalue weighted by Crippen LogP contribution is -2.67. The number of hydrogen-bond acceptors (Lipinski definition) is 7. The Balaban J connectivity index is 0.000000172. The first-order valence-electron chi connectivity index (χ1n) is 34.0. The molecule has 12 aliphatic rings. The van der Waals surface area contributed by atoms with Crippen LogP contribution in [0.5, 0.6) is 0 Å². The van der Waals surface area contributed by atoms with Crippen LogP contribution in [0, 0.1) is 113 Å². The summed E-state index contributed by atoms with van der Waals surface area (Å²) in [6.07, 6.45) is 26.7. The minimum absolute atomic E-state index is 0.0211. The molecule has 7 nitrogen and oxygen atoms in total. The molecule has 2 saturated heterocycles. The van der Waals surface area contributed by atoms with E-state index >= 15 is 0 Å². The third-order valence-corrected chi connectivity index (χ3v) is 29.9. The van der Waals surface area contributed by atoms with E-state index in [1.54, 1.807) is 6.92 Å². The van der Waals surface area contributed by atoms with Gasteiger partial charge in [-0.1, -0.05) is 113 Å². The molecular formula is C75H118O7. The van der Waals surface area contributed by atoms with E-state index in [1.807, 2.05) is 6.92 Å². The Morgan fingerprint density at radius 2 is 0.915 bits per heavy atom. The molecule has 0 amide bonds. The van der Waals surface area contributed by atoms with Crippen molar-refractivity contribution in [3.8, 4) is 0 Å². The summed E-state index contributed by atoms with van der Waals surface area (Å²) < 4.78 is 36.5. The largest absolute Gasteiger partial charge is 0.493 e. The molecule has 0 radical (unpaired) electrons. The quantitative estimate of drug-likeness (QED) is 0.0404. The highest BCUT2D eigenvalue weighted by Gasteiger charge is 2.73. The maximum Gasteiger partial charge on any atom is 0.333 e. The van der Waals surface area contributed by atoms with Crippen LogP contribution in [0.15, 0.2) is 60.9 Å². The molecule has 12 rings (SSSR count). The summed E-state index contributed by atoms with van der Waals surface area (Å²) in [4.78, 5) is 12.6. The Kier molecular flexibility index (Phi) is 15.9. The second-order valence-corrected chi connectivity index (χ2v) is 34.2. The molecule has 10 saturated carbocycles. The van der Waals surface area contributed by atoms with Gasteiger partial charge in [0.15, 0.2) is 0 Å². The number of carbonyl (C=O) groups excluding carboxylic acids is 1. The minimum Gasteiger partial charge on any atom is -0.493 e. The van der Waals surface area contributed by atoms with Crippen LogP contribution in [0.2, 0.25) is 0 Å². The molecule has 82 heavy (non-hydrogen) atoms. The summed E-state index contributed by atoms with van der Waals surface area (Å²) in [5.74, 6) is 7.46. The molecule has 2 unspecified atom stereocenters. The minimum atomic E-state index is -0.219. The molecule has 0 aromatic rings. The molecule has 22 atom stereocenters. The Bertz CT molecular complexity index is 2510.